The summed E-state index contributed by atoms with van der Waals surface area (Å²) in [4.78, 5) is 20.4. The fraction of sp³-hybridized carbons (Fsp3) is 0.304. The lowest BCUT2D eigenvalue weighted by Crippen LogP contribution is -2.31. The van der Waals surface area contributed by atoms with Crippen LogP contribution >= 0.6 is 11.3 Å². The number of thiazole rings is 1. The monoisotopic (exact) mass is 486 g/mol. The number of fused-ring (bicyclic) bond motifs is 1. The Labute approximate surface area is 197 Å². The first-order chi connectivity index (χ1) is 15.7. The van der Waals surface area contributed by atoms with Crippen LogP contribution in [-0.4, -0.2) is 38.5 Å². The number of rotatable bonds is 7. The molecule has 33 heavy (non-hydrogen) atoms. The summed E-state index contributed by atoms with van der Waals surface area (Å²) in [5.74, 6) is 0.0983. The molecule has 1 aliphatic rings. The van der Waals surface area contributed by atoms with Crippen molar-refractivity contribution in [3.63, 3.8) is 0 Å². The molecule has 2 heterocycles. The number of nitrogens with zero attached hydrogens (tertiary/aromatic N) is 2. The number of carbonyl (C=O) groups excluding carboxylic acids is 1. The zero-order chi connectivity index (χ0) is 23.6. The van der Waals surface area contributed by atoms with Crippen molar-refractivity contribution < 1.29 is 17.9 Å². The van der Waals surface area contributed by atoms with Gasteiger partial charge in [0.15, 0.2) is 9.84 Å². The molecule has 0 fully saturated rings. The number of amides is 2. The van der Waals surface area contributed by atoms with E-state index in [1.54, 1.807) is 0 Å². The molecule has 2 aromatic carbocycles. The third kappa shape index (κ3) is 5.35. The van der Waals surface area contributed by atoms with E-state index in [1.165, 1.54) is 36.6 Å². The average molecular weight is 487 g/mol. The third-order valence-corrected chi connectivity index (χ3v) is 8.29. The van der Waals surface area contributed by atoms with E-state index in [9.17, 15) is 13.2 Å². The van der Waals surface area contributed by atoms with Gasteiger partial charge in [-0.3, -0.25) is 4.90 Å². The summed E-state index contributed by atoms with van der Waals surface area (Å²) in [5, 5.41) is 6.18. The first-order valence-electron chi connectivity index (χ1n) is 10.4. The molecule has 1 unspecified atom stereocenters. The summed E-state index contributed by atoms with van der Waals surface area (Å²) in [6, 6.07) is 13.4. The van der Waals surface area contributed by atoms with E-state index in [0.29, 0.717) is 10.7 Å². The standard InChI is InChI=1S/C23H26N4O4S2/c1-15(16-7-5-4-6-8-16)24-23(28)26-18-10-9-17(11-20(18)31-3)33(29,30)14-22-25-19-12-27(2)13-21(19)32-22/h4-11,15H,12-14H2,1-3H3,(H2,24,26,28). The third-order valence-electron chi connectivity index (χ3n) is 5.40. The van der Waals surface area contributed by atoms with E-state index >= 15 is 0 Å². The maximum atomic E-state index is 13.0. The van der Waals surface area contributed by atoms with Crippen molar-refractivity contribution in [2.75, 3.05) is 19.5 Å². The summed E-state index contributed by atoms with van der Waals surface area (Å²) in [5.41, 5.74) is 2.31. The van der Waals surface area contributed by atoms with Gasteiger partial charge in [0.25, 0.3) is 0 Å². The van der Waals surface area contributed by atoms with Gasteiger partial charge in [-0.2, -0.15) is 0 Å². The van der Waals surface area contributed by atoms with Crippen molar-refractivity contribution in [3.05, 3.63) is 69.7 Å². The van der Waals surface area contributed by atoms with Gasteiger partial charge in [-0.05, 0) is 31.7 Å². The Kier molecular flexibility index (Phi) is 6.68. The van der Waals surface area contributed by atoms with Gasteiger partial charge in [0, 0.05) is 24.0 Å². The van der Waals surface area contributed by atoms with E-state index in [-0.39, 0.29) is 22.4 Å². The van der Waals surface area contributed by atoms with Gasteiger partial charge in [0.2, 0.25) is 0 Å². The molecule has 1 aromatic heterocycles. The number of hydrogen-bond acceptors (Lipinski definition) is 7. The normalized spacial score (nSPS) is 14.5. The number of carbonyl (C=O) groups is 1. The quantitative estimate of drug-likeness (QED) is 0.524. The number of benzene rings is 2. The number of urea groups is 1. The first-order valence-corrected chi connectivity index (χ1v) is 12.9. The smallest absolute Gasteiger partial charge is 0.319 e. The predicted molar refractivity (Wildman–Crippen MR) is 128 cm³/mol. The molecule has 0 bridgehead atoms. The van der Waals surface area contributed by atoms with Crippen LogP contribution in [0.15, 0.2) is 53.4 Å². The van der Waals surface area contributed by atoms with Gasteiger partial charge in [0.05, 0.1) is 29.4 Å². The topological polar surface area (TPSA) is 101 Å². The summed E-state index contributed by atoms with van der Waals surface area (Å²) >= 11 is 1.44. The maximum Gasteiger partial charge on any atom is 0.319 e. The van der Waals surface area contributed by atoms with E-state index < -0.39 is 15.9 Å². The Morgan fingerprint density at radius 3 is 2.67 bits per heavy atom. The lowest BCUT2D eigenvalue weighted by Gasteiger charge is -2.16. The molecule has 2 amide bonds. The van der Waals surface area contributed by atoms with Crippen molar-refractivity contribution >= 4 is 32.9 Å². The number of anilines is 1. The van der Waals surface area contributed by atoms with Crippen LogP contribution in [0.3, 0.4) is 0 Å². The second kappa shape index (κ2) is 9.50. The zero-order valence-electron chi connectivity index (χ0n) is 18.7. The zero-order valence-corrected chi connectivity index (χ0v) is 20.3. The average Bonchev–Trinajstić information content (AvgIpc) is 3.30. The molecule has 10 heteroatoms. The fourth-order valence-electron chi connectivity index (χ4n) is 3.70. The summed E-state index contributed by atoms with van der Waals surface area (Å²) in [7, 11) is -0.178. The predicted octanol–water partition coefficient (Wildman–Crippen LogP) is 3.95. The molecule has 0 radical (unpaired) electrons. The van der Waals surface area contributed by atoms with Crippen LogP contribution in [0.2, 0.25) is 0 Å². The van der Waals surface area contributed by atoms with Gasteiger partial charge in [0.1, 0.15) is 16.5 Å². The van der Waals surface area contributed by atoms with E-state index in [2.05, 4.69) is 20.5 Å². The summed E-state index contributed by atoms with van der Waals surface area (Å²) in [6.45, 7) is 3.42. The maximum absolute atomic E-state index is 13.0. The Bertz CT molecular complexity index is 1240. The summed E-state index contributed by atoms with van der Waals surface area (Å²) < 4.78 is 31.4. The minimum atomic E-state index is -3.62. The first kappa shape index (κ1) is 23.2. The van der Waals surface area contributed by atoms with Crippen molar-refractivity contribution in [1.82, 2.24) is 15.2 Å². The van der Waals surface area contributed by atoms with Gasteiger partial charge in [-0.1, -0.05) is 30.3 Å². The van der Waals surface area contributed by atoms with Crippen molar-refractivity contribution in [2.45, 2.75) is 36.7 Å². The molecule has 8 nitrogen and oxygen atoms in total. The molecule has 3 aromatic rings. The van der Waals surface area contributed by atoms with Crippen LogP contribution in [0.5, 0.6) is 5.75 Å². The number of aromatic nitrogens is 1. The molecule has 1 aliphatic heterocycles. The number of nitrogens with one attached hydrogen (secondary N) is 2. The molecule has 0 aliphatic carbocycles. The Balaban J connectivity index is 1.45. The van der Waals surface area contributed by atoms with Gasteiger partial charge >= 0.3 is 6.03 Å². The highest BCUT2D eigenvalue weighted by Gasteiger charge is 2.25. The molecule has 0 spiro atoms. The molecular formula is C23H26N4O4S2. The van der Waals surface area contributed by atoms with Crippen LogP contribution in [-0.2, 0) is 28.7 Å². The molecule has 2 N–H and O–H groups in total. The minimum absolute atomic E-state index is 0.121. The largest absolute Gasteiger partial charge is 0.495 e. The molecule has 174 valence electrons. The van der Waals surface area contributed by atoms with Crippen LogP contribution in [0, 0.1) is 0 Å². The Morgan fingerprint density at radius 2 is 1.97 bits per heavy atom. The molecule has 0 saturated heterocycles. The minimum Gasteiger partial charge on any atom is -0.495 e. The van der Waals surface area contributed by atoms with E-state index in [4.69, 9.17) is 4.74 Å². The van der Waals surface area contributed by atoms with Crippen LogP contribution in [0.1, 0.15) is 34.1 Å². The number of methoxy groups -OCH3 is 1. The summed E-state index contributed by atoms with van der Waals surface area (Å²) in [6.07, 6.45) is 0. The van der Waals surface area contributed by atoms with Crippen LogP contribution in [0.4, 0.5) is 10.5 Å². The highest BCUT2D eigenvalue weighted by molar-refractivity contribution is 7.90. The number of sulfone groups is 1. The van der Waals surface area contributed by atoms with E-state index in [1.807, 2.05) is 44.3 Å². The Morgan fingerprint density at radius 1 is 1.21 bits per heavy atom. The molecular weight excluding hydrogens is 460 g/mol. The van der Waals surface area contributed by atoms with Crippen LogP contribution < -0.4 is 15.4 Å². The van der Waals surface area contributed by atoms with Crippen molar-refractivity contribution in [1.29, 1.82) is 0 Å². The van der Waals surface area contributed by atoms with Gasteiger partial charge in [-0.25, -0.2) is 18.2 Å². The fourth-order valence-corrected chi connectivity index (χ4v) is 6.47. The number of hydrogen-bond donors (Lipinski definition) is 2. The highest BCUT2D eigenvalue weighted by Crippen LogP contribution is 2.32. The molecule has 1 atom stereocenters. The SMILES string of the molecule is COc1cc(S(=O)(=O)Cc2nc3c(s2)CN(C)C3)ccc1NC(=O)NC(C)c1ccccc1. The lowest BCUT2D eigenvalue weighted by atomic mass is 10.1. The van der Waals surface area contributed by atoms with Crippen molar-refractivity contribution in [3.8, 4) is 5.75 Å². The Hall–Kier alpha value is -2.95. The number of ether oxygens (including phenoxy) is 1. The van der Waals surface area contributed by atoms with E-state index in [0.717, 1.165) is 29.2 Å². The highest BCUT2D eigenvalue weighted by atomic mass is 32.2. The van der Waals surface area contributed by atoms with Crippen molar-refractivity contribution in [2.24, 2.45) is 0 Å². The lowest BCUT2D eigenvalue weighted by molar-refractivity contribution is 0.249. The molecule has 4 rings (SSSR count). The second-order valence-electron chi connectivity index (χ2n) is 8.00. The van der Waals surface area contributed by atoms with Gasteiger partial charge < -0.3 is 15.4 Å². The van der Waals surface area contributed by atoms with Gasteiger partial charge in [-0.15, -0.1) is 11.3 Å². The second-order valence-corrected chi connectivity index (χ2v) is 11.2. The van der Waals surface area contributed by atoms with Crippen LogP contribution in [0.25, 0.3) is 0 Å². The molecule has 0 saturated carbocycles.